The molecule has 0 fully saturated rings. The number of benzene rings is 2. The molecule has 0 aliphatic heterocycles. The van der Waals surface area contributed by atoms with Crippen molar-refractivity contribution in [1.29, 1.82) is 0 Å². The maximum atomic E-state index is 12.5. The molecule has 2 rings (SSSR count). The number of hydrogen-bond acceptors (Lipinski definition) is 6. The number of esters is 1. The molecular weight excluding hydrogens is 382 g/mol. The van der Waals surface area contributed by atoms with Gasteiger partial charge in [0.1, 0.15) is 17.5 Å². The third-order valence-electron chi connectivity index (χ3n) is 4.01. The Morgan fingerprint density at radius 3 is 2.25 bits per heavy atom. The normalized spacial score (nSPS) is 11.2. The van der Waals surface area contributed by atoms with E-state index in [1.165, 1.54) is 7.11 Å². The second-order valence-electron chi connectivity index (χ2n) is 6.03. The molecule has 0 radical (unpaired) electrons. The minimum Gasteiger partial charge on any atom is -0.468 e. The molecule has 0 aromatic heterocycles. The van der Waals surface area contributed by atoms with E-state index < -0.39 is 12.0 Å². The number of halogens is 1. The molecule has 0 saturated heterocycles. The van der Waals surface area contributed by atoms with E-state index >= 15 is 0 Å². The number of carbonyl (C=O) groups is 2. The van der Waals surface area contributed by atoms with Crippen LogP contribution in [0, 0.1) is 0 Å². The van der Waals surface area contributed by atoms with Crippen LogP contribution in [0.25, 0.3) is 0 Å². The molecule has 1 unspecified atom stereocenters. The maximum absolute atomic E-state index is 12.5. The number of rotatable bonds is 11. The molecule has 0 aliphatic carbocycles. The number of ether oxygens (including phenoxy) is 2. The summed E-state index contributed by atoms with van der Waals surface area (Å²) in [5, 5.41) is 11.8. The first-order chi connectivity index (χ1) is 13.1. The van der Waals surface area contributed by atoms with Crippen LogP contribution in [0.4, 0.5) is 0 Å². The van der Waals surface area contributed by atoms with Crippen molar-refractivity contribution in [3.63, 3.8) is 0 Å². The van der Waals surface area contributed by atoms with E-state index in [1.54, 1.807) is 24.3 Å². The highest BCUT2D eigenvalue weighted by molar-refractivity contribution is 5.99. The highest BCUT2D eigenvalue weighted by Crippen LogP contribution is 2.21. The Balaban J connectivity index is 0.00000392. The molecule has 0 saturated carbocycles. The number of ketones is 1. The van der Waals surface area contributed by atoms with E-state index in [0.717, 1.165) is 5.75 Å². The lowest BCUT2D eigenvalue weighted by molar-refractivity contribution is -0.143. The van der Waals surface area contributed by atoms with E-state index in [-0.39, 0.29) is 31.2 Å². The zero-order valence-corrected chi connectivity index (χ0v) is 16.6. The molecule has 0 heterocycles. The van der Waals surface area contributed by atoms with Gasteiger partial charge in [0.15, 0.2) is 5.78 Å². The Morgan fingerprint density at radius 1 is 1.00 bits per heavy atom. The molecule has 0 amide bonds. The van der Waals surface area contributed by atoms with E-state index in [0.29, 0.717) is 30.7 Å². The lowest BCUT2D eigenvalue weighted by atomic mass is 10.0. The highest BCUT2D eigenvalue weighted by Gasteiger charge is 2.22. The average molecular weight is 408 g/mol. The summed E-state index contributed by atoms with van der Waals surface area (Å²) in [6.07, 6.45) is 1.35. The number of hydrogen-bond donors (Lipinski definition) is 2. The van der Waals surface area contributed by atoms with Gasteiger partial charge >= 0.3 is 5.97 Å². The summed E-state index contributed by atoms with van der Waals surface area (Å²) in [5.41, 5.74) is 0.501. The number of para-hydroxylation sites is 1. The van der Waals surface area contributed by atoms with Crippen LogP contribution in [0.3, 0.4) is 0 Å². The molecule has 0 spiro atoms. The number of aliphatic hydroxyl groups excluding tert-OH is 1. The summed E-state index contributed by atoms with van der Waals surface area (Å²) in [4.78, 5) is 24.4. The number of unbranched alkanes of at least 4 members (excludes halogenated alkanes) is 1. The Morgan fingerprint density at radius 2 is 1.64 bits per heavy atom. The summed E-state index contributed by atoms with van der Waals surface area (Å²) in [6, 6.07) is 15.5. The Bertz CT molecular complexity index is 721. The quantitative estimate of drug-likeness (QED) is 0.337. The number of nitrogens with one attached hydrogen (secondary N) is 1. The summed E-state index contributed by atoms with van der Waals surface area (Å²) < 4.78 is 10.5. The van der Waals surface area contributed by atoms with Gasteiger partial charge in [0.25, 0.3) is 0 Å². The number of methoxy groups -OCH3 is 1. The van der Waals surface area contributed by atoms with Crippen LogP contribution in [0.1, 0.15) is 29.6 Å². The van der Waals surface area contributed by atoms with Crippen LogP contribution in [0.2, 0.25) is 0 Å². The Kier molecular flexibility index (Phi) is 10.9. The summed E-state index contributed by atoms with van der Waals surface area (Å²) in [7, 11) is 1.30. The number of carbonyl (C=O) groups excluding carboxylic acids is 2. The molecule has 2 N–H and O–H groups in total. The number of Topliss-reactive ketones (excluding diaryl/α,β-unsaturated/α-hetero) is 1. The van der Waals surface area contributed by atoms with Gasteiger partial charge in [-0.2, -0.15) is 0 Å². The minimum absolute atomic E-state index is 0. The van der Waals surface area contributed by atoms with Gasteiger partial charge in [-0.05, 0) is 55.8 Å². The number of aliphatic hydroxyl groups is 1. The lowest BCUT2D eigenvalue weighted by Gasteiger charge is -2.16. The van der Waals surface area contributed by atoms with Crippen molar-refractivity contribution in [2.24, 2.45) is 0 Å². The first-order valence-corrected chi connectivity index (χ1v) is 8.92. The third-order valence-corrected chi connectivity index (χ3v) is 4.01. The zero-order valence-electron chi connectivity index (χ0n) is 15.8. The Labute approximate surface area is 171 Å². The second-order valence-corrected chi connectivity index (χ2v) is 6.03. The van der Waals surface area contributed by atoms with Crippen molar-refractivity contribution in [2.75, 3.05) is 20.3 Å². The Hall–Kier alpha value is -2.41. The zero-order chi connectivity index (χ0) is 19.5. The van der Waals surface area contributed by atoms with E-state index in [1.807, 2.05) is 30.3 Å². The first kappa shape index (κ1) is 23.6. The van der Waals surface area contributed by atoms with Gasteiger partial charge in [-0.15, -0.1) is 12.4 Å². The molecular formula is C21H26ClNO5. The molecule has 0 aliphatic rings. The van der Waals surface area contributed by atoms with Crippen molar-refractivity contribution in [3.05, 3.63) is 60.2 Å². The van der Waals surface area contributed by atoms with E-state index in [2.05, 4.69) is 5.32 Å². The van der Waals surface area contributed by atoms with Crippen LogP contribution < -0.4 is 10.1 Å². The highest BCUT2D eigenvalue weighted by atomic mass is 35.5. The van der Waals surface area contributed by atoms with Crippen molar-refractivity contribution in [3.8, 4) is 11.5 Å². The first-order valence-electron chi connectivity index (χ1n) is 8.92. The summed E-state index contributed by atoms with van der Waals surface area (Å²) >= 11 is 0. The standard InChI is InChI=1S/C21H25NO5.ClH/c1-26-21(25)19(22-13-5-6-14-23)15-20(24)16-9-11-18(12-10-16)27-17-7-3-2-4-8-17;/h2-4,7-12,19,22-23H,5-6,13-15H2,1H3;1H. The van der Waals surface area contributed by atoms with Crippen molar-refractivity contribution in [2.45, 2.75) is 25.3 Å². The molecule has 2 aromatic rings. The van der Waals surface area contributed by atoms with E-state index in [4.69, 9.17) is 14.6 Å². The van der Waals surface area contributed by atoms with Crippen LogP contribution in [0.5, 0.6) is 11.5 Å². The third kappa shape index (κ3) is 7.68. The monoisotopic (exact) mass is 407 g/mol. The van der Waals surface area contributed by atoms with Crippen LogP contribution in [-0.4, -0.2) is 43.2 Å². The fourth-order valence-corrected chi connectivity index (χ4v) is 2.53. The average Bonchev–Trinajstić information content (AvgIpc) is 2.71. The van der Waals surface area contributed by atoms with Gasteiger partial charge in [-0.1, -0.05) is 18.2 Å². The van der Waals surface area contributed by atoms with Gasteiger partial charge in [0, 0.05) is 18.6 Å². The van der Waals surface area contributed by atoms with E-state index in [9.17, 15) is 9.59 Å². The summed E-state index contributed by atoms with van der Waals surface area (Å²) in [5.74, 6) is 0.710. The van der Waals surface area contributed by atoms with Crippen LogP contribution >= 0.6 is 12.4 Å². The molecule has 1 atom stereocenters. The molecule has 0 bridgehead atoms. The fraction of sp³-hybridized carbons (Fsp3) is 0.333. The topological polar surface area (TPSA) is 84.9 Å². The van der Waals surface area contributed by atoms with Crippen molar-refractivity contribution in [1.82, 2.24) is 5.32 Å². The van der Waals surface area contributed by atoms with Gasteiger partial charge in [0.05, 0.1) is 7.11 Å². The summed E-state index contributed by atoms with van der Waals surface area (Å²) in [6.45, 7) is 0.623. The maximum Gasteiger partial charge on any atom is 0.323 e. The molecule has 28 heavy (non-hydrogen) atoms. The van der Waals surface area contributed by atoms with Gasteiger partial charge in [-0.25, -0.2) is 0 Å². The molecule has 6 nitrogen and oxygen atoms in total. The minimum atomic E-state index is -0.707. The lowest BCUT2D eigenvalue weighted by Crippen LogP contribution is -2.40. The fourth-order valence-electron chi connectivity index (χ4n) is 2.53. The smallest absolute Gasteiger partial charge is 0.323 e. The van der Waals surface area contributed by atoms with Crippen molar-refractivity contribution >= 4 is 24.2 Å². The van der Waals surface area contributed by atoms with Crippen LogP contribution in [0.15, 0.2) is 54.6 Å². The SMILES string of the molecule is COC(=O)C(CC(=O)c1ccc(Oc2ccccc2)cc1)NCCCCO.Cl. The van der Waals surface area contributed by atoms with Crippen LogP contribution in [-0.2, 0) is 9.53 Å². The largest absolute Gasteiger partial charge is 0.468 e. The predicted molar refractivity (Wildman–Crippen MR) is 109 cm³/mol. The van der Waals surface area contributed by atoms with Crippen molar-refractivity contribution < 1.29 is 24.2 Å². The molecule has 7 heteroatoms. The molecule has 152 valence electrons. The van der Waals surface area contributed by atoms with Gasteiger partial charge in [-0.3, -0.25) is 9.59 Å². The predicted octanol–water partition coefficient (Wildman–Crippen LogP) is 3.38. The molecule has 2 aromatic carbocycles. The van der Waals surface area contributed by atoms with Gasteiger partial charge < -0.3 is 19.9 Å². The van der Waals surface area contributed by atoms with Gasteiger partial charge in [0.2, 0.25) is 0 Å². The second kappa shape index (κ2) is 12.9.